The smallest absolute Gasteiger partial charge is 0.271 e. The Morgan fingerprint density at radius 1 is 1.06 bits per heavy atom. The number of methoxy groups -OCH3 is 1. The molecule has 6 nitrogen and oxygen atoms in total. The molecule has 2 aromatic carbocycles. The first-order valence-electron chi connectivity index (χ1n) is 11.1. The van der Waals surface area contributed by atoms with E-state index in [1.165, 1.54) is 16.0 Å². The molecule has 0 aliphatic carbocycles. The summed E-state index contributed by atoms with van der Waals surface area (Å²) in [6.07, 6.45) is 0. The first-order chi connectivity index (χ1) is 16.3. The van der Waals surface area contributed by atoms with Crippen molar-refractivity contribution in [3.63, 3.8) is 0 Å². The predicted octanol–water partition coefficient (Wildman–Crippen LogP) is 5.63. The Bertz CT molecular complexity index is 1420. The van der Waals surface area contributed by atoms with Crippen molar-refractivity contribution in [3.8, 4) is 16.2 Å². The minimum Gasteiger partial charge on any atom is -0.495 e. The van der Waals surface area contributed by atoms with Gasteiger partial charge in [0, 0.05) is 56.8 Å². The van der Waals surface area contributed by atoms with E-state index in [2.05, 4.69) is 46.3 Å². The lowest BCUT2D eigenvalue weighted by Crippen LogP contribution is -2.54. The van der Waals surface area contributed by atoms with Crippen molar-refractivity contribution < 1.29 is 13.2 Å². The molecule has 0 saturated carbocycles. The van der Waals surface area contributed by atoms with Crippen LogP contribution in [-0.2, 0) is 10.0 Å². The molecule has 0 radical (unpaired) electrons. The van der Waals surface area contributed by atoms with Crippen LogP contribution in [0.5, 0.6) is 5.75 Å². The third-order valence-corrected chi connectivity index (χ3v) is 9.88. The summed E-state index contributed by atoms with van der Waals surface area (Å²) in [5.74, 6) is 0.490. The molecule has 0 amide bonds. The Morgan fingerprint density at radius 3 is 2.59 bits per heavy atom. The molecule has 2 aromatic heterocycles. The minimum atomic E-state index is -3.78. The average molecular weight is 514 g/mol. The summed E-state index contributed by atoms with van der Waals surface area (Å²) < 4.78 is 36.4. The zero-order chi connectivity index (χ0) is 23.9. The van der Waals surface area contributed by atoms with Crippen LogP contribution < -0.4 is 19.7 Å². The normalized spacial score (nSPS) is 18.9. The molecule has 0 bridgehead atoms. The second-order valence-corrected chi connectivity index (χ2v) is 12.5. The standard InChI is InChI=1S/C25H27N3O3S3/c1-16-13-28(14-17(2)26-16)18-8-9-22(31-3)21(12-18)27-34(29,30)25-11-10-24(33-25)20-15-32-23-7-5-4-6-19(20)23/h4-12,15-17,26-27H,13-14H2,1-3H3/t16-,17+. The summed E-state index contributed by atoms with van der Waals surface area (Å²) in [4.78, 5) is 3.20. The van der Waals surface area contributed by atoms with E-state index in [4.69, 9.17) is 4.74 Å². The molecule has 2 atom stereocenters. The van der Waals surface area contributed by atoms with Crippen LogP contribution in [0.25, 0.3) is 20.5 Å². The number of sulfonamides is 1. The molecule has 1 aliphatic rings. The molecule has 178 valence electrons. The first kappa shape index (κ1) is 23.2. The van der Waals surface area contributed by atoms with Gasteiger partial charge in [0.25, 0.3) is 10.0 Å². The number of nitrogens with zero attached hydrogens (tertiary/aromatic N) is 1. The van der Waals surface area contributed by atoms with E-state index in [1.807, 2.05) is 36.4 Å². The van der Waals surface area contributed by atoms with Gasteiger partial charge >= 0.3 is 0 Å². The molecular formula is C25H27N3O3S3. The summed E-state index contributed by atoms with van der Waals surface area (Å²) in [5, 5.41) is 6.75. The number of thiophene rings is 2. The maximum absolute atomic E-state index is 13.3. The Labute approximate surface area is 208 Å². The highest BCUT2D eigenvalue weighted by Crippen LogP contribution is 2.39. The maximum atomic E-state index is 13.3. The van der Waals surface area contributed by atoms with E-state index in [9.17, 15) is 8.42 Å². The van der Waals surface area contributed by atoms with Gasteiger partial charge in [0.15, 0.2) is 0 Å². The molecule has 5 rings (SSSR count). The van der Waals surface area contributed by atoms with Crippen LogP contribution in [0.1, 0.15) is 13.8 Å². The fraction of sp³-hybridized carbons (Fsp3) is 0.280. The van der Waals surface area contributed by atoms with Crippen LogP contribution in [0.2, 0.25) is 0 Å². The van der Waals surface area contributed by atoms with E-state index in [0.717, 1.165) is 34.6 Å². The summed E-state index contributed by atoms with van der Waals surface area (Å²) in [6.45, 7) is 6.01. The number of benzene rings is 2. The monoisotopic (exact) mass is 513 g/mol. The quantitative estimate of drug-likeness (QED) is 0.350. The molecule has 2 N–H and O–H groups in total. The van der Waals surface area contributed by atoms with Gasteiger partial charge in [-0.15, -0.1) is 22.7 Å². The summed E-state index contributed by atoms with van der Waals surface area (Å²) in [7, 11) is -2.23. The summed E-state index contributed by atoms with van der Waals surface area (Å²) in [5.41, 5.74) is 2.47. The van der Waals surface area contributed by atoms with Crippen molar-refractivity contribution in [3.05, 3.63) is 60.0 Å². The highest BCUT2D eigenvalue weighted by atomic mass is 32.2. The van der Waals surface area contributed by atoms with Crippen LogP contribution in [-0.4, -0.2) is 40.7 Å². The van der Waals surface area contributed by atoms with E-state index in [0.29, 0.717) is 23.5 Å². The number of rotatable bonds is 6. The fourth-order valence-electron chi connectivity index (χ4n) is 4.48. The van der Waals surface area contributed by atoms with E-state index in [-0.39, 0.29) is 4.21 Å². The molecule has 34 heavy (non-hydrogen) atoms. The number of fused-ring (bicyclic) bond motifs is 1. The van der Waals surface area contributed by atoms with Gasteiger partial charge in [-0.05, 0) is 50.2 Å². The van der Waals surface area contributed by atoms with Gasteiger partial charge in [0.2, 0.25) is 0 Å². The lowest BCUT2D eigenvalue weighted by molar-refractivity contribution is 0.406. The predicted molar refractivity (Wildman–Crippen MR) is 143 cm³/mol. The number of anilines is 2. The van der Waals surface area contributed by atoms with Gasteiger partial charge in [-0.2, -0.15) is 0 Å². The lowest BCUT2D eigenvalue weighted by Gasteiger charge is -2.38. The zero-order valence-electron chi connectivity index (χ0n) is 19.2. The van der Waals surface area contributed by atoms with Crippen LogP contribution in [0.15, 0.2) is 64.2 Å². The van der Waals surface area contributed by atoms with Gasteiger partial charge in [-0.25, -0.2) is 8.42 Å². The lowest BCUT2D eigenvalue weighted by atomic mass is 10.1. The first-order valence-corrected chi connectivity index (χ1v) is 14.3. The second-order valence-electron chi connectivity index (χ2n) is 8.63. The number of ether oxygens (including phenoxy) is 1. The molecule has 4 aromatic rings. The van der Waals surface area contributed by atoms with Gasteiger partial charge in [0.1, 0.15) is 9.96 Å². The van der Waals surface area contributed by atoms with Crippen molar-refractivity contribution in [2.45, 2.75) is 30.1 Å². The highest BCUT2D eigenvalue weighted by Gasteiger charge is 2.24. The Kier molecular flexibility index (Phi) is 6.28. The van der Waals surface area contributed by atoms with Gasteiger partial charge < -0.3 is 15.0 Å². The molecule has 1 aliphatic heterocycles. The van der Waals surface area contributed by atoms with Crippen molar-refractivity contribution in [2.24, 2.45) is 0 Å². The summed E-state index contributed by atoms with van der Waals surface area (Å²) in [6, 6.07) is 18.1. The van der Waals surface area contributed by atoms with Crippen molar-refractivity contribution >= 4 is 54.2 Å². The average Bonchev–Trinajstić information content (AvgIpc) is 3.46. The fourth-order valence-corrected chi connectivity index (χ4v) is 7.92. The van der Waals surface area contributed by atoms with E-state index < -0.39 is 10.0 Å². The van der Waals surface area contributed by atoms with Gasteiger partial charge in [-0.1, -0.05) is 18.2 Å². The number of nitrogens with one attached hydrogen (secondary N) is 2. The van der Waals surface area contributed by atoms with Crippen LogP contribution in [0.3, 0.4) is 0 Å². The van der Waals surface area contributed by atoms with Crippen molar-refractivity contribution in [1.29, 1.82) is 0 Å². The largest absolute Gasteiger partial charge is 0.495 e. The molecular weight excluding hydrogens is 486 g/mol. The molecule has 1 saturated heterocycles. The highest BCUT2D eigenvalue weighted by molar-refractivity contribution is 7.94. The van der Waals surface area contributed by atoms with Crippen molar-refractivity contribution in [1.82, 2.24) is 5.32 Å². The molecule has 0 spiro atoms. The minimum absolute atomic E-state index is 0.273. The third-order valence-electron chi connectivity index (χ3n) is 5.94. The zero-order valence-corrected chi connectivity index (χ0v) is 21.7. The number of hydrogen-bond donors (Lipinski definition) is 2. The summed E-state index contributed by atoms with van der Waals surface area (Å²) >= 11 is 2.94. The van der Waals surface area contributed by atoms with E-state index >= 15 is 0 Å². The Balaban J connectivity index is 1.44. The second kappa shape index (κ2) is 9.22. The Morgan fingerprint density at radius 2 is 1.82 bits per heavy atom. The molecule has 1 fully saturated rings. The SMILES string of the molecule is COc1ccc(N2C[C@@H](C)N[C@@H](C)C2)cc1NS(=O)(=O)c1ccc(-c2csc3ccccc23)s1. The number of piperazine rings is 1. The Hall–Kier alpha value is -2.59. The van der Waals surface area contributed by atoms with Crippen LogP contribution in [0, 0.1) is 0 Å². The topological polar surface area (TPSA) is 70.7 Å². The molecule has 3 heterocycles. The maximum Gasteiger partial charge on any atom is 0.271 e. The third kappa shape index (κ3) is 4.53. The van der Waals surface area contributed by atoms with E-state index in [1.54, 1.807) is 24.5 Å². The van der Waals surface area contributed by atoms with Crippen LogP contribution in [0.4, 0.5) is 11.4 Å². The molecule has 9 heteroatoms. The van der Waals surface area contributed by atoms with Crippen molar-refractivity contribution in [2.75, 3.05) is 29.8 Å². The number of hydrogen-bond acceptors (Lipinski definition) is 7. The van der Waals surface area contributed by atoms with Gasteiger partial charge in [-0.3, -0.25) is 4.72 Å². The van der Waals surface area contributed by atoms with Gasteiger partial charge in [0.05, 0.1) is 12.8 Å². The molecule has 0 unspecified atom stereocenters. The van der Waals surface area contributed by atoms with Crippen LogP contribution >= 0.6 is 22.7 Å².